The van der Waals surface area contributed by atoms with E-state index in [1.165, 1.54) is 6.42 Å². The normalized spacial score (nSPS) is 19.1. The van der Waals surface area contributed by atoms with Gasteiger partial charge in [-0.1, -0.05) is 5.16 Å². The Kier molecular flexibility index (Phi) is 3.88. The molecule has 1 aliphatic rings. The molecule has 1 atom stereocenters. The van der Waals surface area contributed by atoms with Gasteiger partial charge in [0.15, 0.2) is 0 Å². The summed E-state index contributed by atoms with van der Waals surface area (Å²) in [5.74, 6) is 2.54. The number of nitrogens with one attached hydrogen (secondary N) is 1. The first-order valence-electron chi connectivity index (χ1n) is 7.35. The second-order valence-corrected chi connectivity index (χ2v) is 5.53. The number of anilines is 1. The molecule has 3 heterocycles. The highest BCUT2D eigenvalue weighted by Gasteiger charge is 2.28. The molecule has 3 rings (SSSR count). The van der Waals surface area contributed by atoms with E-state index < -0.39 is 0 Å². The maximum Gasteiger partial charge on any atom is 0.133 e. The maximum atomic E-state index is 5.16. The predicted octanol–water partition coefficient (Wildman–Crippen LogP) is 2.46. The standard InChI is InChI=1S/C15H21N5O/c1-10-7-12(19-21-10)9-20-6-4-5-14(20)13-8-15(16-3)18-11(2)17-13/h7-8,14H,4-6,9H2,1-3H3,(H,16,17,18). The van der Waals surface area contributed by atoms with Crippen molar-refractivity contribution in [1.82, 2.24) is 20.0 Å². The molecular formula is C15H21N5O. The topological polar surface area (TPSA) is 67.1 Å². The van der Waals surface area contributed by atoms with E-state index in [1.807, 2.05) is 33.0 Å². The van der Waals surface area contributed by atoms with Crippen molar-refractivity contribution in [3.8, 4) is 0 Å². The fourth-order valence-electron chi connectivity index (χ4n) is 2.94. The Morgan fingerprint density at radius 2 is 2.19 bits per heavy atom. The van der Waals surface area contributed by atoms with E-state index in [0.29, 0.717) is 6.04 Å². The van der Waals surface area contributed by atoms with Gasteiger partial charge < -0.3 is 9.84 Å². The third-order valence-electron chi connectivity index (χ3n) is 3.86. The molecule has 112 valence electrons. The van der Waals surface area contributed by atoms with Crippen LogP contribution >= 0.6 is 0 Å². The van der Waals surface area contributed by atoms with Gasteiger partial charge in [0.2, 0.25) is 0 Å². The summed E-state index contributed by atoms with van der Waals surface area (Å²) in [5, 5.41) is 7.20. The van der Waals surface area contributed by atoms with Crippen LogP contribution in [0.2, 0.25) is 0 Å². The summed E-state index contributed by atoms with van der Waals surface area (Å²) in [5.41, 5.74) is 2.07. The number of hydrogen-bond acceptors (Lipinski definition) is 6. The zero-order chi connectivity index (χ0) is 14.8. The van der Waals surface area contributed by atoms with Crippen LogP contribution in [-0.4, -0.2) is 33.6 Å². The minimum Gasteiger partial charge on any atom is -0.373 e. The van der Waals surface area contributed by atoms with Crippen molar-refractivity contribution in [2.75, 3.05) is 18.9 Å². The van der Waals surface area contributed by atoms with E-state index in [-0.39, 0.29) is 0 Å². The molecule has 1 saturated heterocycles. The molecule has 0 amide bonds. The monoisotopic (exact) mass is 287 g/mol. The summed E-state index contributed by atoms with van der Waals surface area (Å²) in [6.45, 7) is 5.73. The van der Waals surface area contributed by atoms with Gasteiger partial charge in [-0.25, -0.2) is 9.97 Å². The fraction of sp³-hybridized carbons (Fsp3) is 0.533. The fourth-order valence-corrected chi connectivity index (χ4v) is 2.94. The van der Waals surface area contributed by atoms with Gasteiger partial charge in [0.25, 0.3) is 0 Å². The first-order chi connectivity index (χ1) is 10.2. The molecule has 0 aromatic carbocycles. The van der Waals surface area contributed by atoms with Gasteiger partial charge in [-0.15, -0.1) is 0 Å². The average molecular weight is 287 g/mol. The summed E-state index contributed by atoms with van der Waals surface area (Å²) in [6, 6.07) is 4.37. The van der Waals surface area contributed by atoms with E-state index in [9.17, 15) is 0 Å². The van der Waals surface area contributed by atoms with Gasteiger partial charge >= 0.3 is 0 Å². The molecule has 2 aromatic rings. The molecule has 1 unspecified atom stereocenters. The van der Waals surface area contributed by atoms with E-state index in [1.54, 1.807) is 0 Å². The lowest BCUT2D eigenvalue weighted by Crippen LogP contribution is -2.24. The van der Waals surface area contributed by atoms with Crippen molar-refractivity contribution in [2.45, 2.75) is 39.3 Å². The van der Waals surface area contributed by atoms with Crippen molar-refractivity contribution < 1.29 is 4.52 Å². The Morgan fingerprint density at radius 3 is 2.90 bits per heavy atom. The average Bonchev–Trinajstić information content (AvgIpc) is 3.08. The molecule has 6 nitrogen and oxygen atoms in total. The quantitative estimate of drug-likeness (QED) is 0.931. The van der Waals surface area contributed by atoms with Gasteiger partial charge in [-0.3, -0.25) is 4.90 Å². The van der Waals surface area contributed by atoms with Crippen LogP contribution in [0.5, 0.6) is 0 Å². The molecule has 1 N–H and O–H groups in total. The molecular weight excluding hydrogens is 266 g/mol. The van der Waals surface area contributed by atoms with Crippen LogP contribution in [0.25, 0.3) is 0 Å². The smallest absolute Gasteiger partial charge is 0.133 e. The van der Waals surface area contributed by atoms with Crippen LogP contribution in [0.3, 0.4) is 0 Å². The van der Waals surface area contributed by atoms with Crippen LogP contribution < -0.4 is 5.32 Å². The highest BCUT2D eigenvalue weighted by atomic mass is 16.5. The molecule has 2 aromatic heterocycles. The number of hydrogen-bond donors (Lipinski definition) is 1. The van der Waals surface area contributed by atoms with Crippen molar-refractivity contribution in [1.29, 1.82) is 0 Å². The Bertz CT molecular complexity index is 624. The van der Waals surface area contributed by atoms with Crippen LogP contribution in [0.4, 0.5) is 5.82 Å². The first kappa shape index (κ1) is 14.0. The van der Waals surface area contributed by atoms with E-state index in [2.05, 4.69) is 25.3 Å². The molecule has 1 aliphatic heterocycles. The summed E-state index contributed by atoms with van der Waals surface area (Å²) < 4.78 is 5.16. The van der Waals surface area contributed by atoms with Crippen LogP contribution in [0.15, 0.2) is 16.7 Å². The SMILES string of the molecule is CNc1cc(C2CCCN2Cc2cc(C)on2)nc(C)n1. The van der Waals surface area contributed by atoms with Gasteiger partial charge in [-0.05, 0) is 33.2 Å². The summed E-state index contributed by atoms with van der Waals surface area (Å²) in [6.07, 6.45) is 2.30. The Hall–Kier alpha value is -1.95. The Morgan fingerprint density at radius 1 is 1.33 bits per heavy atom. The summed E-state index contributed by atoms with van der Waals surface area (Å²) in [4.78, 5) is 11.4. The van der Waals surface area contributed by atoms with Crippen LogP contribution in [-0.2, 0) is 6.54 Å². The molecule has 0 spiro atoms. The largest absolute Gasteiger partial charge is 0.373 e. The van der Waals surface area contributed by atoms with Crippen molar-refractivity contribution >= 4 is 5.82 Å². The minimum absolute atomic E-state index is 0.329. The molecule has 6 heteroatoms. The second kappa shape index (κ2) is 5.81. The zero-order valence-electron chi connectivity index (χ0n) is 12.8. The highest BCUT2D eigenvalue weighted by molar-refractivity contribution is 5.36. The van der Waals surface area contributed by atoms with Crippen molar-refractivity contribution in [3.05, 3.63) is 35.1 Å². The number of nitrogens with zero attached hydrogens (tertiary/aromatic N) is 4. The van der Waals surface area contributed by atoms with Gasteiger partial charge in [0.1, 0.15) is 17.4 Å². The van der Waals surface area contributed by atoms with Gasteiger partial charge in [-0.2, -0.15) is 0 Å². The number of likely N-dealkylation sites (tertiary alicyclic amines) is 1. The molecule has 0 bridgehead atoms. The van der Waals surface area contributed by atoms with Gasteiger partial charge in [0.05, 0.1) is 17.4 Å². The molecule has 0 saturated carbocycles. The predicted molar refractivity (Wildman–Crippen MR) is 79.9 cm³/mol. The third-order valence-corrected chi connectivity index (χ3v) is 3.86. The summed E-state index contributed by atoms with van der Waals surface area (Å²) >= 11 is 0. The van der Waals surface area contributed by atoms with Crippen molar-refractivity contribution in [2.24, 2.45) is 0 Å². The lowest BCUT2D eigenvalue weighted by Gasteiger charge is -2.23. The molecule has 1 fully saturated rings. The van der Waals surface area contributed by atoms with E-state index in [0.717, 1.165) is 48.3 Å². The summed E-state index contributed by atoms with van der Waals surface area (Å²) in [7, 11) is 1.89. The number of aryl methyl sites for hydroxylation is 2. The lowest BCUT2D eigenvalue weighted by atomic mass is 10.1. The first-order valence-corrected chi connectivity index (χ1v) is 7.35. The third kappa shape index (κ3) is 3.05. The minimum atomic E-state index is 0.329. The van der Waals surface area contributed by atoms with Crippen LogP contribution in [0, 0.1) is 13.8 Å². The van der Waals surface area contributed by atoms with E-state index >= 15 is 0 Å². The van der Waals surface area contributed by atoms with E-state index in [4.69, 9.17) is 4.52 Å². The number of aromatic nitrogens is 3. The number of rotatable bonds is 4. The Balaban J connectivity index is 1.81. The zero-order valence-corrected chi connectivity index (χ0v) is 12.8. The molecule has 21 heavy (non-hydrogen) atoms. The van der Waals surface area contributed by atoms with Gasteiger partial charge in [0, 0.05) is 25.7 Å². The Labute approximate surface area is 124 Å². The molecule has 0 radical (unpaired) electrons. The van der Waals surface area contributed by atoms with Crippen molar-refractivity contribution in [3.63, 3.8) is 0 Å². The lowest BCUT2D eigenvalue weighted by molar-refractivity contribution is 0.236. The molecule has 0 aliphatic carbocycles. The second-order valence-electron chi connectivity index (χ2n) is 5.53. The highest BCUT2D eigenvalue weighted by Crippen LogP contribution is 2.32. The maximum absolute atomic E-state index is 5.16. The van der Waals surface area contributed by atoms with Crippen LogP contribution in [0.1, 0.15) is 41.9 Å².